The Balaban J connectivity index is 1.49. The van der Waals surface area contributed by atoms with E-state index in [9.17, 15) is 24.0 Å². The van der Waals surface area contributed by atoms with Crippen molar-refractivity contribution in [1.82, 2.24) is 21.3 Å². The summed E-state index contributed by atoms with van der Waals surface area (Å²) in [4.78, 5) is 57.7. The molecule has 2 aliphatic rings. The molecule has 2 aromatic rings. The van der Waals surface area contributed by atoms with Crippen molar-refractivity contribution >= 4 is 41.9 Å². The first-order valence-corrected chi connectivity index (χ1v) is 9.28. The standard InChI is InChI=1S/C22H16N4O5/c27-18-16(11-23-21(30)24-18)9-12-1-5-14(6-2-12)15-7-3-13(4-8-15)10-17-19(28)25-22(31)26-20(17)29/h1-10H,11H2,(H2,23,24,27,30)(H2,25,26,28,29,31)/b16-9+. The van der Waals surface area contributed by atoms with E-state index in [2.05, 4.69) is 10.6 Å². The molecule has 4 rings (SSSR count). The van der Waals surface area contributed by atoms with Crippen molar-refractivity contribution in [2.75, 3.05) is 6.54 Å². The highest BCUT2D eigenvalue weighted by molar-refractivity contribution is 6.31. The summed E-state index contributed by atoms with van der Waals surface area (Å²) in [6.45, 7) is 0.174. The van der Waals surface area contributed by atoms with Gasteiger partial charge in [0.25, 0.3) is 17.7 Å². The summed E-state index contributed by atoms with van der Waals surface area (Å²) in [7, 11) is 0. The molecule has 2 aliphatic heterocycles. The van der Waals surface area contributed by atoms with Crippen LogP contribution in [-0.4, -0.2) is 36.3 Å². The van der Waals surface area contributed by atoms with E-state index in [1.54, 1.807) is 18.2 Å². The second-order valence-corrected chi connectivity index (χ2v) is 6.85. The second kappa shape index (κ2) is 8.07. The second-order valence-electron chi connectivity index (χ2n) is 6.85. The molecule has 2 saturated heterocycles. The molecule has 9 heteroatoms. The molecule has 0 radical (unpaired) electrons. The lowest BCUT2D eigenvalue weighted by Crippen LogP contribution is -2.51. The summed E-state index contributed by atoms with van der Waals surface area (Å²) >= 11 is 0. The molecule has 7 amide bonds. The number of amides is 7. The van der Waals surface area contributed by atoms with E-state index in [1.807, 2.05) is 47.0 Å². The minimum Gasteiger partial charge on any atom is -0.334 e. The van der Waals surface area contributed by atoms with Crippen LogP contribution in [0.25, 0.3) is 23.3 Å². The van der Waals surface area contributed by atoms with Gasteiger partial charge in [0.1, 0.15) is 5.57 Å². The normalized spacial score (nSPS) is 17.6. The monoisotopic (exact) mass is 416 g/mol. The summed E-state index contributed by atoms with van der Waals surface area (Å²) in [5, 5.41) is 8.81. The van der Waals surface area contributed by atoms with Gasteiger partial charge in [-0.2, -0.15) is 0 Å². The van der Waals surface area contributed by atoms with E-state index in [4.69, 9.17) is 0 Å². The topological polar surface area (TPSA) is 133 Å². The molecule has 31 heavy (non-hydrogen) atoms. The number of urea groups is 2. The fourth-order valence-corrected chi connectivity index (χ4v) is 3.12. The van der Waals surface area contributed by atoms with Gasteiger partial charge in [-0.3, -0.25) is 30.3 Å². The molecule has 4 N–H and O–H groups in total. The molecule has 0 saturated carbocycles. The minimum absolute atomic E-state index is 0.146. The summed E-state index contributed by atoms with van der Waals surface area (Å²) < 4.78 is 0. The molecule has 0 aromatic heterocycles. The SMILES string of the molecule is O=C1NC(=O)C(=Cc2ccc(-c3ccc(/C=C4\CNC(=O)NC4=O)cc3)cc2)C(=O)N1. The predicted octanol–water partition coefficient (Wildman–Crippen LogP) is 1.33. The Labute approximate surface area is 176 Å². The lowest BCUT2D eigenvalue weighted by molar-refractivity contribution is -0.124. The number of benzene rings is 2. The van der Waals surface area contributed by atoms with E-state index in [0.29, 0.717) is 11.1 Å². The van der Waals surface area contributed by atoms with Crippen LogP contribution in [0.3, 0.4) is 0 Å². The van der Waals surface area contributed by atoms with E-state index < -0.39 is 29.8 Å². The summed E-state index contributed by atoms with van der Waals surface area (Å²) in [6.07, 6.45) is 3.11. The Bertz CT molecular complexity index is 1160. The zero-order valence-electron chi connectivity index (χ0n) is 16.0. The van der Waals surface area contributed by atoms with Crippen LogP contribution < -0.4 is 21.3 Å². The lowest BCUT2D eigenvalue weighted by atomic mass is 10.0. The van der Waals surface area contributed by atoms with Crippen LogP contribution in [0.1, 0.15) is 11.1 Å². The van der Waals surface area contributed by atoms with Gasteiger partial charge in [0.05, 0.1) is 0 Å². The quantitative estimate of drug-likeness (QED) is 0.442. The highest BCUT2D eigenvalue weighted by atomic mass is 16.2. The van der Waals surface area contributed by atoms with E-state index >= 15 is 0 Å². The molecule has 0 spiro atoms. The third-order valence-electron chi connectivity index (χ3n) is 4.71. The first-order valence-electron chi connectivity index (χ1n) is 9.28. The van der Waals surface area contributed by atoms with Gasteiger partial charge in [-0.1, -0.05) is 48.5 Å². The average Bonchev–Trinajstić information content (AvgIpc) is 2.74. The van der Waals surface area contributed by atoms with Crippen molar-refractivity contribution in [3.8, 4) is 11.1 Å². The Kier molecular flexibility index (Phi) is 5.15. The Morgan fingerprint density at radius 2 is 1.06 bits per heavy atom. The highest BCUT2D eigenvalue weighted by Gasteiger charge is 2.27. The molecule has 2 fully saturated rings. The van der Waals surface area contributed by atoms with Gasteiger partial charge in [0.2, 0.25) is 0 Å². The number of imide groups is 3. The molecule has 9 nitrogen and oxygen atoms in total. The minimum atomic E-state index is -0.838. The average molecular weight is 416 g/mol. The number of carbonyl (C=O) groups excluding carboxylic acids is 5. The van der Waals surface area contributed by atoms with Crippen LogP contribution in [0.2, 0.25) is 0 Å². The first-order chi connectivity index (χ1) is 14.9. The zero-order chi connectivity index (χ0) is 22.0. The van der Waals surface area contributed by atoms with Gasteiger partial charge in [-0.25, -0.2) is 9.59 Å². The summed E-state index contributed by atoms with van der Waals surface area (Å²) in [5.74, 6) is -1.90. The molecular weight excluding hydrogens is 400 g/mol. The Morgan fingerprint density at radius 1 is 0.581 bits per heavy atom. The fraction of sp³-hybridized carbons (Fsp3) is 0.0455. The van der Waals surface area contributed by atoms with Gasteiger partial charge in [0.15, 0.2) is 0 Å². The van der Waals surface area contributed by atoms with Gasteiger partial charge in [-0.05, 0) is 34.4 Å². The van der Waals surface area contributed by atoms with Gasteiger partial charge in [0, 0.05) is 12.1 Å². The van der Waals surface area contributed by atoms with Crippen molar-refractivity contribution in [1.29, 1.82) is 0 Å². The number of barbiturate groups is 1. The fourth-order valence-electron chi connectivity index (χ4n) is 3.12. The molecular formula is C22H16N4O5. The number of rotatable bonds is 3. The summed E-state index contributed by atoms with van der Waals surface area (Å²) in [5.41, 5.74) is 3.61. The highest BCUT2D eigenvalue weighted by Crippen LogP contribution is 2.22. The van der Waals surface area contributed by atoms with Crippen LogP contribution in [-0.2, 0) is 14.4 Å². The van der Waals surface area contributed by atoms with Crippen molar-refractivity contribution in [3.05, 3.63) is 70.8 Å². The Hall–Kier alpha value is -4.53. The van der Waals surface area contributed by atoms with E-state index in [1.165, 1.54) is 6.08 Å². The maximum absolute atomic E-state index is 11.8. The smallest absolute Gasteiger partial charge is 0.328 e. The number of carbonyl (C=O) groups is 5. The summed E-state index contributed by atoms with van der Waals surface area (Å²) in [6, 6.07) is 13.4. The van der Waals surface area contributed by atoms with Gasteiger partial charge >= 0.3 is 12.1 Å². The molecule has 2 aromatic carbocycles. The number of hydrogen-bond acceptors (Lipinski definition) is 5. The van der Waals surface area contributed by atoms with Crippen molar-refractivity contribution in [3.63, 3.8) is 0 Å². The molecule has 2 heterocycles. The molecule has 0 bridgehead atoms. The van der Waals surface area contributed by atoms with E-state index in [-0.39, 0.29) is 12.1 Å². The molecule has 0 atom stereocenters. The number of nitrogens with one attached hydrogen (secondary N) is 4. The van der Waals surface area contributed by atoms with Crippen molar-refractivity contribution in [2.24, 2.45) is 0 Å². The Morgan fingerprint density at radius 3 is 1.58 bits per heavy atom. The largest absolute Gasteiger partial charge is 0.334 e. The molecule has 0 aliphatic carbocycles. The molecule has 154 valence electrons. The van der Waals surface area contributed by atoms with Crippen molar-refractivity contribution in [2.45, 2.75) is 0 Å². The van der Waals surface area contributed by atoms with Gasteiger partial charge in [-0.15, -0.1) is 0 Å². The lowest BCUT2D eigenvalue weighted by Gasteiger charge is -2.15. The zero-order valence-corrected chi connectivity index (χ0v) is 16.0. The first kappa shape index (κ1) is 19.8. The van der Waals surface area contributed by atoms with Gasteiger partial charge < -0.3 is 5.32 Å². The molecule has 0 unspecified atom stereocenters. The maximum atomic E-state index is 11.8. The van der Waals surface area contributed by atoms with Crippen LogP contribution in [0, 0.1) is 0 Å². The van der Waals surface area contributed by atoms with Crippen LogP contribution in [0.5, 0.6) is 0 Å². The van der Waals surface area contributed by atoms with E-state index in [0.717, 1.165) is 16.7 Å². The third kappa shape index (κ3) is 4.40. The van der Waals surface area contributed by atoms with Crippen LogP contribution in [0.15, 0.2) is 59.7 Å². The van der Waals surface area contributed by atoms with Crippen LogP contribution in [0.4, 0.5) is 9.59 Å². The van der Waals surface area contributed by atoms with Crippen LogP contribution >= 0.6 is 0 Å². The maximum Gasteiger partial charge on any atom is 0.328 e. The third-order valence-corrected chi connectivity index (χ3v) is 4.71. The van der Waals surface area contributed by atoms with Crippen molar-refractivity contribution < 1.29 is 24.0 Å². The number of hydrogen-bond donors (Lipinski definition) is 4. The predicted molar refractivity (Wildman–Crippen MR) is 111 cm³/mol.